The summed E-state index contributed by atoms with van der Waals surface area (Å²) >= 11 is 0. The van der Waals surface area contributed by atoms with Gasteiger partial charge < -0.3 is 10.2 Å². The number of hydrogen-bond acceptors (Lipinski definition) is 3. The number of nitrogens with one attached hydrogen (secondary N) is 1. The second-order valence-electron chi connectivity index (χ2n) is 6.18. The van der Waals surface area contributed by atoms with E-state index in [1.165, 1.54) is 19.4 Å². The number of aromatic nitrogens is 2. The highest BCUT2D eigenvalue weighted by molar-refractivity contribution is 5.96. The molecule has 118 valence electrons. The Morgan fingerprint density at radius 2 is 2.19 bits per heavy atom. The molecule has 0 spiro atoms. The first-order valence-corrected chi connectivity index (χ1v) is 8.03. The SMILES string of the molecule is CCn1nc(C)c(C(=O)NCCC2CCCN(C)C2)c1C. The first kappa shape index (κ1) is 16.0. The zero-order valence-electron chi connectivity index (χ0n) is 13.8. The van der Waals surface area contributed by atoms with E-state index in [1.54, 1.807) is 0 Å². The summed E-state index contributed by atoms with van der Waals surface area (Å²) in [6.45, 7) is 9.83. The summed E-state index contributed by atoms with van der Waals surface area (Å²) in [6, 6.07) is 0. The largest absolute Gasteiger partial charge is 0.352 e. The van der Waals surface area contributed by atoms with Gasteiger partial charge in [0.05, 0.1) is 11.3 Å². The van der Waals surface area contributed by atoms with Crippen molar-refractivity contribution >= 4 is 5.91 Å². The Hall–Kier alpha value is -1.36. The average molecular weight is 292 g/mol. The van der Waals surface area contributed by atoms with E-state index in [1.807, 2.05) is 25.5 Å². The fourth-order valence-corrected chi connectivity index (χ4v) is 3.32. The van der Waals surface area contributed by atoms with Crippen LogP contribution in [0.2, 0.25) is 0 Å². The first-order valence-electron chi connectivity index (χ1n) is 8.03. The van der Waals surface area contributed by atoms with Crippen LogP contribution >= 0.6 is 0 Å². The summed E-state index contributed by atoms with van der Waals surface area (Å²) in [5.74, 6) is 0.735. The Bertz CT molecular complexity index is 495. The van der Waals surface area contributed by atoms with Gasteiger partial charge in [-0.1, -0.05) is 0 Å². The molecule has 1 fully saturated rings. The molecule has 0 radical (unpaired) electrons. The van der Waals surface area contributed by atoms with Gasteiger partial charge in [-0.25, -0.2) is 0 Å². The number of piperidine rings is 1. The van der Waals surface area contributed by atoms with E-state index in [0.717, 1.165) is 43.0 Å². The standard InChI is InChI=1S/C16H28N4O/c1-5-20-13(3)15(12(2)18-20)16(21)17-9-8-14-7-6-10-19(4)11-14/h14H,5-11H2,1-4H3,(H,17,21). The minimum atomic E-state index is 0.0221. The highest BCUT2D eigenvalue weighted by atomic mass is 16.1. The van der Waals surface area contributed by atoms with Gasteiger partial charge in [-0.3, -0.25) is 9.48 Å². The Labute approximate surface area is 127 Å². The van der Waals surface area contributed by atoms with Gasteiger partial charge in [0.1, 0.15) is 0 Å². The highest BCUT2D eigenvalue weighted by Gasteiger charge is 2.19. The van der Waals surface area contributed by atoms with Crippen molar-refractivity contribution in [1.82, 2.24) is 20.0 Å². The maximum absolute atomic E-state index is 12.3. The Morgan fingerprint density at radius 1 is 1.43 bits per heavy atom. The first-order chi connectivity index (χ1) is 10.0. The lowest BCUT2D eigenvalue weighted by Gasteiger charge is -2.29. The van der Waals surface area contributed by atoms with E-state index >= 15 is 0 Å². The van der Waals surface area contributed by atoms with Gasteiger partial charge in [-0.05, 0) is 59.5 Å². The zero-order valence-corrected chi connectivity index (χ0v) is 13.8. The molecule has 1 aliphatic rings. The number of rotatable bonds is 5. The van der Waals surface area contributed by atoms with Gasteiger partial charge in [0, 0.05) is 25.3 Å². The number of nitrogens with zero attached hydrogens (tertiary/aromatic N) is 3. The smallest absolute Gasteiger partial charge is 0.255 e. The van der Waals surface area contributed by atoms with Crippen molar-refractivity contribution < 1.29 is 4.79 Å². The molecule has 1 amide bonds. The molecule has 2 rings (SSSR count). The fraction of sp³-hybridized carbons (Fsp3) is 0.750. The molecule has 1 N–H and O–H groups in total. The third-order valence-corrected chi connectivity index (χ3v) is 4.47. The molecule has 1 atom stereocenters. The second-order valence-corrected chi connectivity index (χ2v) is 6.18. The van der Waals surface area contributed by atoms with Crippen LogP contribution in [0.15, 0.2) is 0 Å². The van der Waals surface area contributed by atoms with Crippen LogP contribution < -0.4 is 5.32 Å². The van der Waals surface area contributed by atoms with Gasteiger partial charge in [-0.15, -0.1) is 0 Å². The molecule has 1 saturated heterocycles. The zero-order chi connectivity index (χ0) is 15.4. The maximum atomic E-state index is 12.3. The van der Waals surface area contributed by atoms with Gasteiger partial charge in [0.15, 0.2) is 0 Å². The normalized spacial score (nSPS) is 19.7. The fourth-order valence-electron chi connectivity index (χ4n) is 3.32. The summed E-state index contributed by atoms with van der Waals surface area (Å²) in [6.07, 6.45) is 3.62. The van der Waals surface area contributed by atoms with Crippen molar-refractivity contribution in [2.45, 2.75) is 46.6 Å². The topological polar surface area (TPSA) is 50.2 Å². The number of aryl methyl sites for hydroxylation is 2. The average Bonchev–Trinajstić information content (AvgIpc) is 2.73. The van der Waals surface area contributed by atoms with Gasteiger partial charge in [0.2, 0.25) is 0 Å². The molecule has 1 unspecified atom stereocenters. The van der Waals surface area contributed by atoms with E-state index < -0.39 is 0 Å². The van der Waals surface area contributed by atoms with Gasteiger partial charge in [-0.2, -0.15) is 5.10 Å². The Balaban J connectivity index is 1.86. The quantitative estimate of drug-likeness (QED) is 0.903. The van der Waals surface area contributed by atoms with Crippen LogP contribution in [0.5, 0.6) is 0 Å². The summed E-state index contributed by atoms with van der Waals surface area (Å²) in [7, 11) is 2.18. The van der Waals surface area contributed by atoms with E-state index in [9.17, 15) is 4.79 Å². The molecule has 0 aliphatic carbocycles. The molecule has 5 heteroatoms. The van der Waals surface area contributed by atoms with Crippen molar-refractivity contribution in [3.05, 3.63) is 17.0 Å². The van der Waals surface area contributed by atoms with E-state index in [0.29, 0.717) is 5.92 Å². The third kappa shape index (κ3) is 3.84. The van der Waals surface area contributed by atoms with Crippen molar-refractivity contribution in [3.8, 4) is 0 Å². The number of amides is 1. The minimum absolute atomic E-state index is 0.0221. The molecular formula is C16H28N4O. The molecule has 0 saturated carbocycles. The van der Waals surface area contributed by atoms with E-state index in [4.69, 9.17) is 0 Å². The molecular weight excluding hydrogens is 264 g/mol. The molecule has 1 aromatic rings. The van der Waals surface area contributed by atoms with Crippen LogP contribution in [0, 0.1) is 19.8 Å². The van der Waals surface area contributed by atoms with Crippen molar-refractivity contribution in [2.24, 2.45) is 5.92 Å². The van der Waals surface area contributed by atoms with Gasteiger partial charge in [0.25, 0.3) is 5.91 Å². The lowest BCUT2D eigenvalue weighted by molar-refractivity contribution is 0.0947. The molecule has 1 aromatic heterocycles. The molecule has 0 aromatic carbocycles. The predicted octanol–water partition coefficient (Wildman–Crippen LogP) is 1.98. The van der Waals surface area contributed by atoms with Crippen LogP contribution in [0.4, 0.5) is 0 Å². The minimum Gasteiger partial charge on any atom is -0.352 e. The van der Waals surface area contributed by atoms with E-state index in [-0.39, 0.29) is 5.91 Å². The number of carbonyl (C=O) groups is 1. The summed E-state index contributed by atoms with van der Waals surface area (Å²) in [5.41, 5.74) is 2.53. The molecule has 5 nitrogen and oxygen atoms in total. The van der Waals surface area contributed by atoms with Crippen molar-refractivity contribution in [3.63, 3.8) is 0 Å². The number of carbonyl (C=O) groups excluding carboxylic acids is 1. The van der Waals surface area contributed by atoms with Crippen molar-refractivity contribution in [1.29, 1.82) is 0 Å². The summed E-state index contributed by atoms with van der Waals surface area (Å²) in [4.78, 5) is 14.7. The van der Waals surface area contributed by atoms with Crippen LogP contribution in [0.3, 0.4) is 0 Å². The number of likely N-dealkylation sites (tertiary alicyclic amines) is 1. The van der Waals surface area contributed by atoms with E-state index in [2.05, 4.69) is 22.4 Å². The lowest BCUT2D eigenvalue weighted by Crippen LogP contribution is -2.34. The van der Waals surface area contributed by atoms with Crippen LogP contribution in [0.1, 0.15) is 47.9 Å². The van der Waals surface area contributed by atoms with Crippen LogP contribution in [0.25, 0.3) is 0 Å². The monoisotopic (exact) mass is 292 g/mol. The molecule has 2 heterocycles. The predicted molar refractivity (Wildman–Crippen MR) is 84.5 cm³/mol. The lowest BCUT2D eigenvalue weighted by atomic mass is 9.95. The van der Waals surface area contributed by atoms with Crippen molar-refractivity contribution in [2.75, 3.05) is 26.7 Å². The van der Waals surface area contributed by atoms with Gasteiger partial charge >= 0.3 is 0 Å². The second kappa shape index (κ2) is 7.07. The molecule has 1 aliphatic heterocycles. The molecule has 0 bridgehead atoms. The van der Waals surface area contributed by atoms with Crippen LogP contribution in [-0.2, 0) is 6.54 Å². The highest BCUT2D eigenvalue weighted by Crippen LogP contribution is 2.18. The third-order valence-electron chi connectivity index (χ3n) is 4.47. The Kier molecular flexibility index (Phi) is 5.39. The summed E-state index contributed by atoms with van der Waals surface area (Å²) in [5, 5.41) is 7.48. The van der Waals surface area contributed by atoms with Crippen LogP contribution in [-0.4, -0.2) is 47.3 Å². The Morgan fingerprint density at radius 3 is 2.81 bits per heavy atom. The molecule has 21 heavy (non-hydrogen) atoms. The number of hydrogen-bond donors (Lipinski definition) is 1. The summed E-state index contributed by atoms with van der Waals surface area (Å²) < 4.78 is 1.89. The maximum Gasteiger partial charge on any atom is 0.255 e.